The third-order valence-electron chi connectivity index (χ3n) is 1.91. The molecule has 0 atom stereocenters. The van der Waals surface area contributed by atoms with Crippen molar-refractivity contribution >= 4 is 44.8 Å². The molecule has 0 aliphatic heterocycles. The summed E-state index contributed by atoms with van der Waals surface area (Å²) in [5, 5.41) is 2.11. The molecular weight excluding hydrogens is 220 g/mol. The van der Waals surface area contributed by atoms with Gasteiger partial charge in [-0.25, -0.2) is 0 Å². The number of rotatable bonds is 1. The van der Waals surface area contributed by atoms with Gasteiger partial charge in [-0.05, 0) is 36.8 Å². The van der Waals surface area contributed by atoms with Gasteiger partial charge in [-0.3, -0.25) is 0 Å². The van der Waals surface area contributed by atoms with Crippen molar-refractivity contribution in [2.45, 2.75) is 11.8 Å². The first-order chi connectivity index (χ1) is 6.20. The summed E-state index contributed by atoms with van der Waals surface area (Å²) in [5.74, 6) is 0. The average molecular weight is 229 g/mol. The van der Waals surface area contributed by atoms with Crippen LogP contribution < -0.4 is 0 Å². The molecule has 0 saturated carbocycles. The maximum atomic E-state index is 6.10. The highest BCUT2D eigenvalue weighted by molar-refractivity contribution is 7.98. The Labute approximate surface area is 90.9 Å². The highest BCUT2D eigenvalue weighted by Gasteiger charge is 2.04. The fraction of sp³-hybridized carbons (Fsp3) is 0.200. The zero-order valence-corrected chi connectivity index (χ0v) is 9.82. The van der Waals surface area contributed by atoms with Gasteiger partial charge in [0.15, 0.2) is 0 Å². The highest BCUT2D eigenvalue weighted by atomic mass is 35.5. The molecule has 68 valence electrons. The molecule has 0 aliphatic carbocycles. The Kier molecular flexibility index (Phi) is 2.54. The second-order valence-corrected chi connectivity index (χ2v) is 5.42. The van der Waals surface area contributed by atoms with Gasteiger partial charge < -0.3 is 0 Å². The first kappa shape index (κ1) is 9.38. The van der Waals surface area contributed by atoms with Crippen molar-refractivity contribution in [3.8, 4) is 0 Å². The fourth-order valence-corrected chi connectivity index (χ4v) is 3.24. The lowest BCUT2D eigenvalue weighted by molar-refractivity contribution is 1.53. The zero-order chi connectivity index (χ0) is 9.42. The van der Waals surface area contributed by atoms with Crippen molar-refractivity contribution < 1.29 is 0 Å². The van der Waals surface area contributed by atoms with Crippen LogP contribution in [0.1, 0.15) is 4.88 Å². The molecule has 2 rings (SSSR count). The molecule has 0 N–H and O–H groups in total. The van der Waals surface area contributed by atoms with E-state index >= 15 is 0 Å². The summed E-state index contributed by atoms with van der Waals surface area (Å²) in [4.78, 5) is 2.50. The van der Waals surface area contributed by atoms with E-state index in [0.717, 1.165) is 9.92 Å². The number of hydrogen-bond donors (Lipinski definition) is 0. The van der Waals surface area contributed by atoms with Crippen LogP contribution in [-0.2, 0) is 0 Å². The summed E-state index contributed by atoms with van der Waals surface area (Å²) in [7, 11) is 0. The van der Waals surface area contributed by atoms with E-state index < -0.39 is 0 Å². The van der Waals surface area contributed by atoms with Crippen LogP contribution in [0.2, 0.25) is 5.02 Å². The molecule has 0 aliphatic rings. The zero-order valence-electron chi connectivity index (χ0n) is 7.43. The molecule has 1 aromatic carbocycles. The van der Waals surface area contributed by atoms with Crippen LogP contribution in [0.4, 0.5) is 0 Å². The Morgan fingerprint density at radius 2 is 2.08 bits per heavy atom. The standard InChI is InChI=1S/C10H9ClS2/c1-6-3-7-4-8(11)10(12-2)5-9(7)13-6/h3-5H,1-2H3. The van der Waals surface area contributed by atoms with Crippen LogP contribution in [0.25, 0.3) is 10.1 Å². The van der Waals surface area contributed by atoms with E-state index in [1.165, 1.54) is 15.0 Å². The van der Waals surface area contributed by atoms with Gasteiger partial charge in [-0.15, -0.1) is 23.1 Å². The number of benzene rings is 1. The van der Waals surface area contributed by atoms with E-state index in [1.54, 1.807) is 11.8 Å². The number of fused-ring (bicyclic) bond motifs is 1. The van der Waals surface area contributed by atoms with Crippen LogP contribution in [0.15, 0.2) is 23.1 Å². The van der Waals surface area contributed by atoms with Crippen molar-refractivity contribution in [1.29, 1.82) is 0 Å². The summed E-state index contributed by atoms with van der Waals surface area (Å²) >= 11 is 9.61. The smallest absolute Gasteiger partial charge is 0.0548 e. The molecule has 0 radical (unpaired) electrons. The van der Waals surface area contributed by atoms with E-state index in [2.05, 4.69) is 19.1 Å². The number of aryl methyl sites for hydroxylation is 1. The first-order valence-electron chi connectivity index (χ1n) is 3.94. The number of thioether (sulfide) groups is 1. The van der Waals surface area contributed by atoms with Gasteiger partial charge in [0.1, 0.15) is 0 Å². The molecule has 3 heteroatoms. The van der Waals surface area contributed by atoms with Gasteiger partial charge in [-0.2, -0.15) is 0 Å². The van der Waals surface area contributed by atoms with Gasteiger partial charge >= 0.3 is 0 Å². The Hall–Kier alpha value is -0.180. The molecule has 0 fully saturated rings. The lowest BCUT2D eigenvalue weighted by atomic mass is 10.2. The second-order valence-electron chi connectivity index (χ2n) is 2.88. The highest BCUT2D eigenvalue weighted by Crippen LogP contribution is 2.34. The maximum Gasteiger partial charge on any atom is 0.0548 e. The summed E-state index contributed by atoms with van der Waals surface area (Å²) in [6, 6.07) is 6.39. The molecule has 2 aromatic rings. The minimum atomic E-state index is 0.859. The first-order valence-corrected chi connectivity index (χ1v) is 6.36. The Morgan fingerprint density at radius 3 is 2.77 bits per heavy atom. The maximum absolute atomic E-state index is 6.10. The van der Waals surface area contributed by atoms with Crippen molar-refractivity contribution in [3.05, 3.63) is 28.1 Å². The number of thiophene rings is 1. The van der Waals surface area contributed by atoms with Gasteiger partial charge in [0.2, 0.25) is 0 Å². The van der Waals surface area contributed by atoms with Gasteiger partial charge in [-0.1, -0.05) is 11.6 Å². The molecule has 0 amide bonds. The van der Waals surface area contributed by atoms with Crippen LogP contribution in [0.3, 0.4) is 0 Å². The van der Waals surface area contributed by atoms with E-state index in [4.69, 9.17) is 11.6 Å². The molecule has 0 unspecified atom stereocenters. The van der Waals surface area contributed by atoms with Crippen molar-refractivity contribution in [2.24, 2.45) is 0 Å². The van der Waals surface area contributed by atoms with Crippen LogP contribution in [0, 0.1) is 6.92 Å². The summed E-state index contributed by atoms with van der Waals surface area (Å²) in [6.45, 7) is 2.12. The Morgan fingerprint density at radius 1 is 1.31 bits per heavy atom. The van der Waals surface area contributed by atoms with Crippen LogP contribution >= 0.6 is 34.7 Å². The normalized spacial score (nSPS) is 11.0. The molecule has 0 saturated heterocycles. The average Bonchev–Trinajstić information content (AvgIpc) is 2.42. The van der Waals surface area contributed by atoms with Crippen molar-refractivity contribution in [3.63, 3.8) is 0 Å². The summed E-state index contributed by atoms with van der Waals surface area (Å²) < 4.78 is 1.33. The third kappa shape index (κ3) is 1.71. The lowest BCUT2D eigenvalue weighted by Gasteiger charge is -1.99. The van der Waals surface area contributed by atoms with Crippen LogP contribution in [0.5, 0.6) is 0 Å². The third-order valence-corrected chi connectivity index (χ3v) is 4.13. The topological polar surface area (TPSA) is 0 Å². The van der Waals surface area contributed by atoms with Crippen molar-refractivity contribution in [1.82, 2.24) is 0 Å². The second kappa shape index (κ2) is 3.52. The molecule has 1 heterocycles. The summed E-state index contributed by atoms with van der Waals surface area (Å²) in [5.41, 5.74) is 0. The number of hydrogen-bond acceptors (Lipinski definition) is 2. The van der Waals surface area contributed by atoms with Gasteiger partial charge in [0.05, 0.1) is 5.02 Å². The van der Waals surface area contributed by atoms with Gasteiger partial charge in [0, 0.05) is 14.5 Å². The monoisotopic (exact) mass is 228 g/mol. The predicted octanol–water partition coefficient (Wildman–Crippen LogP) is 4.59. The molecule has 1 aromatic heterocycles. The SMILES string of the molecule is CSc1cc2sc(C)cc2cc1Cl. The predicted molar refractivity (Wildman–Crippen MR) is 63.4 cm³/mol. The Bertz CT molecular complexity index is 445. The minimum absolute atomic E-state index is 0.859. The van der Waals surface area contributed by atoms with E-state index in [0.29, 0.717) is 0 Å². The van der Waals surface area contributed by atoms with Gasteiger partial charge in [0.25, 0.3) is 0 Å². The molecular formula is C10H9ClS2. The van der Waals surface area contributed by atoms with Crippen molar-refractivity contribution in [2.75, 3.05) is 6.26 Å². The molecule has 0 nitrogen and oxygen atoms in total. The van der Waals surface area contributed by atoms with E-state index in [1.807, 2.05) is 23.7 Å². The largest absolute Gasteiger partial charge is 0.141 e. The Balaban J connectivity index is 2.72. The molecule has 0 bridgehead atoms. The van der Waals surface area contributed by atoms with Crippen LogP contribution in [-0.4, -0.2) is 6.26 Å². The molecule has 0 spiro atoms. The minimum Gasteiger partial charge on any atom is -0.141 e. The summed E-state index contributed by atoms with van der Waals surface area (Å²) in [6.07, 6.45) is 2.05. The lowest BCUT2D eigenvalue weighted by Crippen LogP contribution is -1.71. The van der Waals surface area contributed by atoms with E-state index in [-0.39, 0.29) is 0 Å². The fourth-order valence-electron chi connectivity index (χ4n) is 1.33. The quantitative estimate of drug-likeness (QED) is 0.644. The number of halogens is 1. The molecule has 13 heavy (non-hydrogen) atoms. The van der Waals surface area contributed by atoms with E-state index in [9.17, 15) is 0 Å².